The van der Waals surface area contributed by atoms with Crippen LogP contribution in [0.5, 0.6) is 0 Å². The van der Waals surface area contributed by atoms with E-state index in [4.69, 9.17) is 0 Å². The topological polar surface area (TPSA) is 52.6 Å². The van der Waals surface area contributed by atoms with Crippen LogP contribution in [-0.2, 0) is 19.7 Å². The average Bonchev–Trinajstić information content (AvgIpc) is 1.33. The molecule has 0 aromatic rings. The molecule has 1 aliphatic rings. The fourth-order valence-electron chi connectivity index (χ4n) is 0.117. The van der Waals surface area contributed by atoms with Crippen molar-refractivity contribution < 1.29 is 17.4 Å². The second-order valence-electron chi connectivity index (χ2n) is 0.621. The highest BCUT2D eigenvalue weighted by molar-refractivity contribution is 7.77. The molecular weight excluding hydrogens is 108 g/mol. The maximum absolute atomic E-state index is 9.56. The Kier molecular flexibility index (Phi) is 0.564. The van der Waals surface area contributed by atoms with E-state index in [1.807, 2.05) is 0 Å². The van der Waals surface area contributed by atoms with Gasteiger partial charge in [0.15, 0.2) is 0 Å². The van der Waals surface area contributed by atoms with Gasteiger partial charge >= 0.3 is 17.5 Å². The van der Waals surface area contributed by atoms with Gasteiger partial charge in [0.05, 0.1) is 0 Å². The summed E-state index contributed by atoms with van der Waals surface area (Å²) in [6, 6.07) is 0. The van der Waals surface area contributed by atoms with E-state index < -0.39 is 17.5 Å². The third-order valence-electron chi connectivity index (χ3n) is 0.272. The normalized spacial score (nSPS) is 21.0. The van der Waals surface area contributed by atoms with Gasteiger partial charge in [0, 0.05) is 0 Å². The summed E-state index contributed by atoms with van der Waals surface area (Å²) in [7, 11) is 0. The molecule has 0 saturated carbocycles. The first-order valence-corrected chi connectivity index (χ1v) is 2.11. The largest absolute Gasteiger partial charge is 0.541 e. The van der Waals surface area contributed by atoms with Crippen molar-refractivity contribution in [1.29, 1.82) is 0 Å². The zero-order valence-corrected chi connectivity index (χ0v) is 3.36. The van der Waals surface area contributed by atoms with Crippen molar-refractivity contribution in [2.75, 3.05) is 0 Å². The molecule has 0 unspecified atom stereocenters. The second-order valence-corrected chi connectivity index (χ2v) is 1.36. The number of hydrogen-bond acceptors (Lipinski definition) is 4. The van der Waals surface area contributed by atoms with Crippen LogP contribution in [0.15, 0.2) is 0 Å². The lowest BCUT2D eigenvalue weighted by molar-refractivity contribution is 0.120. The molecule has 0 amide bonds. The number of carbonyl (C=O) groups is 1. The van der Waals surface area contributed by atoms with Crippen molar-refractivity contribution in [2.24, 2.45) is 0 Å². The third-order valence-corrected chi connectivity index (χ3v) is 0.816. The first-order valence-electron chi connectivity index (χ1n) is 1.11. The summed E-state index contributed by atoms with van der Waals surface area (Å²) in [4.78, 5) is 9.47. The van der Waals surface area contributed by atoms with Gasteiger partial charge in [-0.05, 0) is 0 Å². The summed E-state index contributed by atoms with van der Waals surface area (Å²) in [5, 5.41) is 0. The molecule has 5 heteroatoms. The quantitative estimate of drug-likeness (QED) is 0.428. The van der Waals surface area contributed by atoms with Gasteiger partial charge in [0.2, 0.25) is 0 Å². The lowest BCUT2D eigenvalue weighted by atomic mass is 11.5. The van der Waals surface area contributed by atoms with Crippen molar-refractivity contribution >= 4 is 17.5 Å². The van der Waals surface area contributed by atoms with Crippen LogP contribution in [0.25, 0.3) is 0 Å². The minimum Gasteiger partial charge on any atom is -0.299 e. The highest BCUT2D eigenvalue weighted by Gasteiger charge is 2.26. The van der Waals surface area contributed by atoms with Gasteiger partial charge in [0.1, 0.15) is 0 Å². The molecule has 1 heterocycles. The molecule has 1 aliphatic heterocycles. The van der Waals surface area contributed by atoms with Crippen LogP contribution in [0.2, 0.25) is 0 Å². The lowest BCUT2D eigenvalue weighted by Crippen LogP contribution is -2.22. The molecular formula is CO4S. The Hall–Kier alpha value is -0.580. The smallest absolute Gasteiger partial charge is 0.299 e. The van der Waals surface area contributed by atoms with E-state index in [9.17, 15) is 9.00 Å². The van der Waals surface area contributed by atoms with E-state index >= 15 is 0 Å². The van der Waals surface area contributed by atoms with Crippen molar-refractivity contribution in [3.63, 3.8) is 0 Å². The molecule has 0 bridgehead atoms. The molecule has 0 aromatic heterocycles. The number of hydrogen-bond donors (Lipinski definition) is 0. The Labute approximate surface area is 35.9 Å². The molecule has 0 aromatic carbocycles. The van der Waals surface area contributed by atoms with Crippen LogP contribution in [0.4, 0.5) is 4.79 Å². The van der Waals surface area contributed by atoms with E-state index in [2.05, 4.69) is 8.37 Å². The Morgan fingerprint density at radius 2 is 2.00 bits per heavy atom. The summed E-state index contributed by atoms with van der Waals surface area (Å²) < 4.78 is 17.1. The van der Waals surface area contributed by atoms with Gasteiger partial charge in [-0.2, -0.15) is 4.21 Å². The third kappa shape index (κ3) is 0.364. The van der Waals surface area contributed by atoms with E-state index in [0.717, 1.165) is 0 Å². The maximum Gasteiger partial charge on any atom is 0.541 e. The zero-order chi connectivity index (χ0) is 4.57. The SMILES string of the molecule is O=C1OS(=O)O1. The first kappa shape index (κ1) is 3.60. The molecule has 0 radical (unpaired) electrons. The Bertz CT molecular complexity index is 84.1. The summed E-state index contributed by atoms with van der Waals surface area (Å²) in [6.07, 6.45) is -0.867. The van der Waals surface area contributed by atoms with E-state index in [-0.39, 0.29) is 0 Å². The molecule has 4 nitrogen and oxygen atoms in total. The highest BCUT2D eigenvalue weighted by Crippen LogP contribution is 2.04. The molecule has 1 fully saturated rings. The molecule has 0 atom stereocenters. The average molecular weight is 108 g/mol. The highest BCUT2D eigenvalue weighted by atomic mass is 32.2. The standard InChI is InChI=1S/CO4S/c2-1-4-6(3)5-1. The number of rotatable bonds is 0. The summed E-state index contributed by atoms with van der Waals surface area (Å²) in [5.74, 6) is 0. The van der Waals surface area contributed by atoms with E-state index in [1.165, 1.54) is 0 Å². The van der Waals surface area contributed by atoms with Gasteiger partial charge in [0.25, 0.3) is 0 Å². The summed E-state index contributed by atoms with van der Waals surface area (Å²) >= 11 is -1.77. The van der Waals surface area contributed by atoms with Gasteiger partial charge in [-0.1, -0.05) is 0 Å². The van der Waals surface area contributed by atoms with Gasteiger partial charge in [-0.15, -0.1) is 0 Å². The Balaban J connectivity index is 2.47. The van der Waals surface area contributed by atoms with Crippen LogP contribution >= 0.6 is 0 Å². The summed E-state index contributed by atoms with van der Waals surface area (Å²) in [6.45, 7) is 0. The molecule has 34 valence electrons. The second kappa shape index (κ2) is 0.939. The van der Waals surface area contributed by atoms with Gasteiger partial charge < -0.3 is 0 Å². The van der Waals surface area contributed by atoms with Crippen molar-refractivity contribution in [2.45, 2.75) is 0 Å². The van der Waals surface area contributed by atoms with Gasteiger partial charge in [-0.3, -0.25) is 8.37 Å². The predicted octanol–water partition coefficient (Wildman–Crippen LogP) is -0.268. The van der Waals surface area contributed by atoms with Crippen molar-refractivity contribution in [1.82, 2.24) is 0 Å². The number of carbonyl (C=O) groups excluding carboxylic acids is 1. The summed E-state index contributed by atoms with van der Waals surface area (Å²) in [5.41, 5.74) is 0. The minimum absolute atomic E-state index is 0.867. The molecule has 6 heavy (non-hydrogen) atoms. The monoisotopic (exact) mass is 108 g/mol. The predicted molar refractivity (Wildman–Crippen MR) is 15.7 cm³/mol. The maximum atomic E-state index is 9.56. The zero-order valence-electron chi connectivity index (χ0n) is 2.54. The van der Waals surface area contributed by atoms with Crippen molar-refractivity contribution in [3.8, 4) is 0 Å². The molecule has 0 aliphatic carbocycles. The van der Waals surface area contributed by atoms with Crippen LogP contribution in [0, 0.1) is 0 Å². The van der Waals surface area contributed by atoms with Crippen LogP contribution < -0.4 is 0 Å². The van der Waals surface area contributed by atoms with Crippen LogP contribution in [0.1, 0.15) is 0 Å². The molecule has 1 rings (SSSR count). The van der Waals surface area contributed by atoms with E-state index in [1.54, 1.807) is 0 Å². The fourth-order valence-corrected chi connectivity index (χ4v) is 0.352. The van der Waals surface area contributed by atoms with Crippen molar-refractivity contribution in [3.05, 3.63) is 0 Å². The minimum atomic E-state index is -1.77. The molecule has 0 N–H and O–H groups in total. The molecule has 1 saturated heterocycles. The fraction of sp³-hybridized carbons (Fsp3) is 0. The first-order chi connectivity index (χ1) is 2.79. The van der Waals surface area contributed by atoms with Crippen LogP contribution in [0.3, 0.4) is 0 Å². The van der Waals surface area contributed by atoms with Gasteiger partial charge in [-0.25, -0.2) is 4.79 Å². The lowest BCUT2D eigenvalue weighted by Gasteiger charge is -2.06. The Morgan fingerprint density at radius 1 is 1.50 bits per heavy atom. The Morgan fingerprint density at radius 3 is 2.00 bits per heavy atom. The molecule has 0 spiro atoms. The van der Waals surface area contributed by atoms with Crippen LogP contribution in [-0.4, -0.2) is 10.4 Å². The van der Waals surface area contributed by atoms with E-state index in [0.29, 0.717) is 0 Å².